The molecule has 5 nitrogen and oxygen atoms in total. The monoisotopic (exact) mass is 318 g/mol. The van der Waals surface area contributed by atoms with Crippen LogP contribution in [0.5, 0.6) is 17.2 Å². The van der Waals surface area contributed by atoms with Crippen molar-refractivity contribution in [3.05, 3.63) is 53.3 Å². The molecular formula is C17H19FN2O3. The molecule has 0 spiro atoms. The molecule has 0 aliphatic carbocycles. The van der Waals surface area contributed by atoms with Crippen LogP contribution in [0, 0.1) is 12.7 Å². The molecule has 0 amide bonds. The third-order valence-corrected chi connectivity index (χ3v) is 4.14. The van der Waals surface area contributed by atoms with Crippen LogP contribution in [-0.4, -0.2) is 22.4 Å². The molecule has 0 radical (unpaired) electrons. The Hall–Kier alpha value is -2.31. The molecule has 0 bridgehead atoms. The molecule has 4 N–H and O–H groups in total. The van der Waals surface area contributed by atoms with Gasteiger partial charge in [-0.25, -0.2) is 9.82 Å². The predicted octanol–water partition coefficient (Wildman–Crippen LogP) is 2.53. The lowest BCUT2D eigenvalue weighted by atomic mass is 9.96. The highest BCUT2D eigenvalue weighted by atomic mass is 19.1. The third kappa shape index (κ3) is 2.95. The average Bonchev–Trinajstić information content (AvgIpc) is 2.88. The topological polar surface area (TPSA) is 73.8 Å². The van der Waals surface area contributed by atoms with Gasteiger partial charge in [-0.3, -0.25) is 5.43 Å². The van der Waals surface area contributed by atoms with Crippen molar-refractivity contribution in [2.75, 3.05) is 0 Å². The molecular weight excluding hydrogens is 299 g/mol. The van der Waals surface area contributed by atoms with Crippen molar-refractivity contribution in [2.45, 2.75) is 32.0 Å². The number of aromatic hydroxyl groups is 2. The Morgan fingerprint density at radius 1 is 1.04 bits per heavy atom. The van der Waals surface area contributed by atoms with Crippen molar-refractivity contribution in [1.82, 2.24) is 10.9 Å². The lowest BCUT2D eigenvalue weighted by Crippen LogP contribution is -2.33. The maximum atomic E-state index is 13.0. The maximum absolute atomic E-state index is 13.0. The number of hydrogen-bond acceptors (Lipinski definition) is 5. The standard InChI is InChI=1S/C17H19FN2O3/c1-9-14(21)8-7-13(16(9)22)15-17(10(2)19-20-15)23-12-5-3-11(18)4-6-12/h3-8,10,15,17,19-22H,1-2H3. The minimum atomic E-state index is -0.323. The van der Waals surface area contributed by atoms with E-state index in [9.17, 15) is 14.6 Å². The highest BCUT2D eigenvalue weighted by Crippen LogP contribution is 2.37. The first-order valence-corrected chi connectivity index (χ1v) is 7.42. The van der Waals surface area contributed by atoms with Gasteiger partial charge < -0.3 is 14.9 Å². The van der Waals surface area contributed by atoms with Crippen LogP contribution in [0.3, 0.4) is 0 Å². The summed E-state index contributed by atoms with van der Waals surface area (Å²) in [5.74, 6) is 0.303. The number of ether oxygens (including phenoxy) is 1. The largest absolute Gasteiger partial charge is 0.508 e. The van der Waals surface area contributed by atoms with Crippen LogP contribution in [0.15, 0.2) is 36.4 Å². The van der Waals surface area contributed by atoms with Gasteiger partial charge in [0, 0.05) is 11.1 Å². The van der Waals surface area contributed by atoms with Crippen LogP contribution < -0.4 is 15.6 Å². The predicted molar refractivity (Wildman–Crippen MR) is 83.8 cm³/mol. The summed E-state index contributed by atoms with van der Waals surface area (Å²) in [6, 6.07) is 8.69. The number of hydrazine groups is 1. The van der Waals surface area contributed by atoms with Crippen molar-refractivity contribution in [2.24, 2.45) is 0 Å². The van der Waals surface area contributed by atoms with E-state index in [4.69, 9.17) is 4.74 Å². The van der Waals surface area contributed by atoms with E-state index in [0.29, 0.717) is 16.9 Å². The molecule has 3 atom stereocenters. The first-order valence-electron chi connectivity index (χ1n) is 7.42. The van der Waals surface area contributed by atoms with Gasteiger partial charge in [0.1, 0.15) is 29.2 Å². The molecule has 1 aliphatic heterocycles. The third-order valence-electron chi connectivity index (χ3n) is 4.14. The Bertz CT molecular complexity index is 706. The Morgan fingerprint density at radius 3 is 2.43 bits per heavy atom. The van der Waals surface area contributed by atoms with Gasteiger partial charge in [0.2, 0.25) is 0 Å². The number of phenolic OH excluding ortho intramolecular Hbond substituents is 2. The zero-order valence-corrected chi connectivity index (χ0v) is 12.9. The molecule has 2 aromatic rings. The molecule has 6 heteroatoms. The van der Waals surface area contributed by atoms with E-state index in [0.717, 1.165) is 0 Å². The van der Waals surface area contributed by atoms with Gasteiger partial charge in [0.25, 0.3) is 0 Å². The van der Waals surface area contributed by atoms with Crippen molar-refractivity contribution >= 4 is 0 Å². The molecule has 1 heterocycles. The Balaban J connectivity index is 1.89. The number of phenols is 2. The summed E-state index contributed by atoms with van der Waals surface area (Å²) in [4.78, 5) is 0. The summed E-state index contributed by atoms with van der Waals surface area (Å²) < 4.78 is 19.0. The minimum Gasteiger partial charge on any atom is -0.508 e. The SMILES string of the molecule is Cc1c(O)ccc(C2NNC(C)C2Oc2ccc(F)cc2)c1O. The normalized spacial score (nSPS) is 23.9. The highest BCUT2D eigenvalue weighted by Gasteiger charge is 2.37. The molecule has 0 aromatic heterocycles. The summed E-state index contributed by atoms with van der Waals surface area (Å²) in [5, 5.41) is 20.0. The molecule has 1 saturated heterocycles. The molecule has 3 rings (SSSR count). The quantitative estimate of drug-likeness (QED) is 0.700. The van der Waals surface area contributed by atoms with E-state index in [2.05, 4.69) is 10.9 Å². The van der Waals surface area contributed by atoms with Gasteiger partial charge in [-0.05, 0) is 50.2 Å². The molecule has 2 aromatic carbocycles. The van der Waals surface area contributed by atoms with E-state index < -0.39 is 0 Å². The van der Waals surface area contributed by atoms with Crippen molar-refractivity contribution in [3.8, 4) is 17.2 Å². The van der Waals surface area contributed by atoms with Gasteiger partial charge in [-0.1, -0.05) is 0 Å². The van der Waals surface area contributed by atoms with Gasteiger partial charge in [-0.15, -0.1) is 0 Å². The fourth-order valence-corrected chi connectivity index (χ4v) is 2.73. The van der Waals surface area contributed by atoms with Gasteiger partial charge in [0.05, 0.1) is 12.1 Å². The second-order valence-corrected chi connectivity index (χ2v) is 5.74. The van der Waals surface area contributed by atoms with Crippen LogP contribution in [0.25, 0.3) is 0 Å². The zero-order chi connectivity index (χ0) is 16.6. The Kier molecular flexibility index (Phi) is 4.11. The Labute approximate surface area is 133 Å². The number of nitrogens with one attached hydrogen (secondary N) is 2. The lowest BCUT2D eigenvalue weighted by molar-refractivity contribution is 0.170. The fraction of sp³-hybridized carbons (Fsp3) is 0.294. The van der Waals surface area contributed by atoms with Gasteiger partial charge in [-0.2, -0.15) is 0 Å². The second kappa shape index (κ2) is 6.06. The fourth-order valence-electron chi connectivity index (χ4n) is 2.73. The number of rotatable bonds is 3. The van der Waals surface area contributed by atoms with Crippen LogP contribution in [0.1, 0.15) is 24.1 Å². The van der Waals surface area contributed by atoms with E-state index in [-0.39, 0.29) is 35.5 Å². The maximum Gasteiger partial charge on any atom is 0.136 e. The summed E-state index contributed by atoms with van der Waals surface area (Å²) >= 11 is 0. The van der Waals surface area contributed by atoms with Crippen molar-refractivity contribution in [1.29, 1.82) is 0 Å². The van der Waals surface area contributed by atoms with Crippen LogP contribution in [0.2, 0.25) is 0 Å². The molecule has 0 saturated carbocycles. The summed E-state index contributed by atoms with van der Waals surface area (Å²) in [7, 11) is 0. The van der Waals surface area contributed by atoms with E-state index in [1.807, 2.05) is 6.92 Å². The lowest BCUT2D eigenvalue weighted by Gasteiger charge is -2.24. The van der Waals surface area contributed by atoms with E-state index >= 15 is 0 Å². The highest BCUT2D eigenvalue weighted by molar-refractivity contribution is 5.49. The Morgan fingerprint density at radius 2 is 1.74 bits per heavy atom. The molecule has 1 fully saturated rings. The van der Waals surface area contributed by atoms with Gasteiger partial charge >= 0.3 is 0 Å². The average molecular weight is 318 g/mol. The number of benzene rings is 2. The summed E-state index contributed by atoms with van der Waals surface area (Å²) in [6.07, 6.45) is -0.310. The zero-order valence-electron chi connectivity index (χ0n) is 12.9. The van der Waals surface area contributed by atoms with E-state index in [1.54, 1.807) is 31.2 Å². The molecule has 122 valence electrons. The molecule has 23 heavy (non-hydrogen) atoms. The van der Waals surface area contributed by atoms with Crippen molar-refractivity contribution < 1.29 is 19.3 Å². The summed E-state index contributed by atoms with van der Waals surface area (Å²) in [5.41, 5.74) is 7.24. The van der Waals surface area contributed by atoms with Crippen LogP contribution >= 0.6 is 0 Å². The van der Waals surface area contributed by atoms with Crippen LogP contribution in [-0.2, 0) is 0 Å². The number of hydrogen-bond donors (Lipinski definition) is 4. The first-order chi connectivity index (χ1) is 11.0. The smallest absolute Gasteiger partial charge is 0.136 e. The van der Waals surface area contributed by atoms with Crippen molar-refractivity contribution in [3.63, 3.8) is 0 Å². The first kappa shape index (κ1) is 15.6. The van der Waals surface area contributed by atoms with Crippen LogP contribution in [0.4, 0.5) is 4.39 Å². The molecule has 3 unspecified atom stereocenters. The van der Waals surface area contributed by atoms with E-state index in [1.165, 1.54) is 12.1 Å². The second-order valence-electron chi connectivity index (χ2n) is 5.74. The summed E-state index contributed by atoms with van der Waals surface area (Å²) in [6.45, 7) is 3.60. The number of halogens is 1. The minimum absolute atomic E-state index is 0.0291. The van der Waals surface area contributed by atoms with Gasteiger partial charge in [0.15, 0.2) is 0 Å². The molecule has 1 aliphatic rings.